The zero-order valence-corrected chi connectivity index (χ0v) is 28.6. The van der Waals surface area contributed by atoms with E-state index in [1.807, 2.05) is 0 Å². The number of rotatable bonds is 24. The molecule has 1 fully saturated rings. The molecular formula is C34H48N2O15. The summed E-state index contributed by atoms with van der Waals surface area (Å²) in [7, 11) is 0. The number of nitrogens with one attached hydrogen (secondary N) is 1. The Morgan fingerprint density at radius 2 is 1.51 bits per heavy atom. The lowest BCUT2D eigenvalue weighted by atomic mass is 9.99. The summed E-state index contributed by atoms with van der Waals surface area (Å²) in [6.45, 7) is 4.09. The van der Waals surface area contributed by atoms with Gasteiger partial charge in [-0.15, -0.1) is 0 Å². The van der Waals surface area contributed by atoms with Gasteiger partial charge in [0, 0.05) is 50.8 Å². The van der Waals surface area contributed by atoms with E-state index in [-0.39, 0.29) is 30.1 Å². The van der Waals surface area contributed by atoms with Gasteiger partial charge in [0.15, 0.2) is 6.10 Å². The summed E-state index contributed by atoms with van der Waals surface area (Å²) in [4.78, 5) is 59.0. The third-order valence-corrected chi connectivity index (χ3v) is 7.86. The van der Waals surface area contributed by atoms with Gasteiger partial charge in [0.1, 0.15) is 30.7 Å². The van der Waals surface area contributed by atoms with Crippen molar-refractivity contribution in [1.82, 2.24) is 10.2 Å². The topological polar surface area (TPSA) is 237 Å². The first kappa shape index (κ1) is 41.5. The molecule has 3 rings (SSSR count). The van der Waals surface area contributed by atoms with Crippen LogP contribution in [0.4, 0.5) is 0 Å². The van der Waals surface area contributed by atoms with Gasteiger partial charge in [-0.2, -0.15) is 0 Å². The Morgan fingerprint density at radius 3 is 2.18 bits per heavy atom. The number of carboxylic acid groups (broad SMARTS) is 1. The van der Waals surface area contributed by atoms with Crippen molar-refractivity contribution in [3.63, 3.8) is 0 Å². The van der Waals surface area contributed by atoms with Crippen molar-refractivity contribution in [2.45, 2.75) is 82.8 Å². The van der Waals surface area contributed by atoms with Crippen LogP contribution < -0.4 is 10.1 Å². The fourth-order valence-electron chi connectivity index (χ4n) is 5.12. The van der Waals surface area contributed by atoms with Crippen LogP contribution in [0, 0.1) is 0 Å². The average molecular weight is 725 g/mol. The van der Waals surface area contributed by atoms with Crippen LogP contribution in [0.15, 0.2) is 30.4 Å². The monoisotopic (exact) mass is 724 g/mol. The van der Waals surface area contributed by atoms with Gasteiger partial charge in [-0.05, 0) is 43.4 Å². The average Bonchev–Trinajstić information content (AvgIpc) is 3.42. The largest absolute Gasteiger partial charge is 0.479 e. The molecule has 51 heavy (non-hydrogen) atoms. The van der Waals surface area contributed by atoms with Crippen molar-refractivity contribution < 1.29 is 72.8 Å². The zero-order chi connectivity index (χ0) is 37.2. The first-order chi connectivity index (χ1) is 24.5. The maximum atomic E-state index is 11.9. The minimum absolute atomic E-state index is 0.0815. The number of amides is 3. The summed E-state index contributed by atoms with van der Waals surface area (Å²) < 4.78 is 32.6. The van der Waals surface area contributed by atoms with Crippen LogP contribution in [0.5, 0.6) is 5.75 Å². The van der Waals surface area contributed by atoms with Gasteiger partial charge < -0.3 is 54.2 Å². The number of aryl methyl sites for hydroxylation is 1. The number of aliphatic hydroxyl groups is 3. The number of carbonyl (C=O) groups is 5. The highest BCUT2D eigenvalue weighted by Gasteiger charge is 2.48. The van der Waals surface area contributed by atoms with Gasteiger partial charge in [0.2, 0.25) is 12.2 Å². The number of benzene rings is 1. The van der Waals surface area contributed by atoms with E-state index in [0.29, 0.717) is 90.4 Å². The van der Waals surface area contributed by atoms with Crippen molar-refractivity contribution in [3.05, 3.63) is 41.5 Å². The number of esters is 1. The van der Waals surface area contributed by atoms with E-state index in [4.69, 9.17) is 28.4 Å². The number of carbonyl (C=O) groups excluding carboxylic acids is 4. The predicted octanol–water partition coefficient (Wildman–Crippen LogP) is -0.395. The highest BCUT2D eigenvalue weighted by atomic mass is 16.7. The van der Waals surface area contributed by atoms with Crippen LogP contribution >= 0.6 is 0 Å². The molecule has 5 N–H and O–H groups in total. The molecule has 0 spiro atoms. The highest BCUT2D eigenvalue weighted by Crippen LogP contribution is 2.28. The molecule has 17 nitrogen and oxygen atoms in total. The molecule has 0 aromatic heterocycles. The second kappa shape index (κ2) is 22.1. The molecule has 0 bridgehead atoms. The first-order valence-corrected chi connectivity index (χ1v) is 16.9. The number of hydrogen-bond donors (Lipinski definition) is 5. The third kappa shape index (κ3) is 14.3. The van der Waals surface area contributed by atoms with E-state index in [1.165, 1.54) is 24.0 Å². The minimum Gasteiger partial charge on any atom is -0.479 e. The van der Waals surface area contributed by atoms with Crippen LogP contribution in [0.1, 0.15) is 50.2 Å². The van der Waals surface area contributed by atoms with E-state index in [0.717, 1.165) is 12.0 Å². The lowest BCUT2D eigenvalue weighted by molar-refractivity contribution is -0.271. The Hall–Kier alpha value is -3.97. The van der Waals surface area contributed by atoms with Crippen molar-refractivity contribution >= 4 is 29.7 Å². The van der Waals surface area contributed by atoms with E-state index < -0.39 is 42.6 Å². The molecule has 5 atom stereocenters. The van der Waals surface area contributed by atoms with E-state index in [2.05, 4.69) is 5.32 Å². The van der Waals surface area contributed by atoms with Gasteiger partial charge in [0.05, 0.1) is 33.0 Å². The second-order valence-corrected chi connectivity index (χ2v) is 11.8. The Balaban J connectivity index is 1.22. The minimum atomic E-state index is -1.86. The summed E-state index contributed by atoms with van der Waals surface area (Å²) in [5.74, 6) is -2.61. The van der Waals surface area contributed by atoms with Crippen molar-refractivity contribution in [2.75, 3.05) is 52.7 Å². The molecule has 2 heterocycles. The van der Waals surface area contributed by atoms with Crippen LogP contribution in [0.2, 0.25) is 0 Å². The maximum absolute atomic E-state index is 11.9. The number of imide groups is 1. The van der Waals surface area contributed by atoms with Crippen LogP contribution in [-0.4, -0.2) is 138 Å². The molecule has 1 aromatic rings. The molecule has 17 heteroatoms. The summed E-state index contributed by atoms with van der Waals surface area (Å²) in [6, 6.07) is 5.02. The molecule has 284 valence electrons. The quantitative estimate of drug-likeness (QED) is 0.0518. The van der Waals surface area contributed by atoms with Crippen LogP contribution in [0.25, 0.3) is 0 Å². The van der Waals surface area contributed by atoms with Gasteiger partial charge in [-0.1, -0.05) is 12.5 Å². The number of hydrogen-bond acceptors (Lipinski definition) is 14. The highest BCUT2D eigenvalue weighted by molar-refractivity contribution is 6.12. The fraction of sp³-hybridized carbons (Fsp3) is 0.618. The van der Waals surface area contributed by atoms with Crippen LogP contribution in [0.3, 0.4) is 0 Å². The van der Waals surface area contributed by atoms with Crippen molar-refractivity contribution in [3.8, 4) is 5.75 Å². The van der Waals surface area contributed by atoms with Crippen LogP contribution in [-0.2, 0) is 60.7 Å². The summed E-state index contributed by atoms with van der Waals surface area (Å²) in [5.41, 5.74) is 1.28. The molecule has 0 unspecified atom stereocenters. The zero-order valence-electron chi connectivity index (χ0n) is 28.6. The molecule has 0 radical (unpaired) electrons. The fourth-order valence-corrected chi connectivity index (χ4v) is 5.12. The number of aliphatic hydroxyl groups excluding tert-OH is 3. The maximum Gasteiger partial charge on any atom is 0.335 e. The summed E-state index contributed by atoms with van der Waals surface area (Å²) in [6.07, 6.45) is -2.66. The third-order valence-electron chi connectivity index (χ3n) is 7.86. The lowest BCUT2D eigenvalue weighted by Gasteiger charge is -2.38. The van der Waals surface area contributed by atoms with E-state index in [9.17, 15) is 44.4 Å². The molecule has 2 aliphatic heterocycles. The number of aliphatic carboxylic acids is 1. The Kier molecular flexibility index (Phi) is 17.9. The second-order valence-electron chi connectivity index (χ2n) is 11.8. The Bertz CT molecular complexity index is 1320. The number of ether oxygens (including phenoxy) is 6. The normalized spacial score (nSPS) is 21.6. The van der Waals surface area contributed by atoms with Gasteiger partial charge in [-0.3, -0.25) is 24.1 Å². The Labute approximate surface area is 295 Å². The first-order valence-electron chi connectivity index (χ1n) is 16.9. The predicted molar refractivity (Wildman–Crippen MR) is 175 cm³/mol. The molecule has 1 saturated heterocycles. The molecule has 0 saturated carbocycles. The molecule has 3 amide bonds. The SMILES string of the molecule is CC(=O)OCc1cc(CCCOCCOCCOCCNC(=O)CCCCCN2C(=O)C=CC2=O)ccc1O[C@@H]1O[C@H](C(=O)O)[C@@H](O)[C@H](O)[C@H]1O. The van der Waals surface area contributed by atoms with Gasteiger partial charge in [0.25, 0.3) is 11.8 Å². The molecule has 0 aliphatic carbocycles. The summed E-state index contributed by atoms with van der Waals surface area (Å²) in [5, 5.41) is 42.3. The number of nitrogens with zero attached hydrogens (tertiary/aromatic N) is 1. The van der Waals surface area contributed by atoms with Crippen molar-refractivity contribution in [1.29, 1.82) is 0 Å². The lowest BCUT2D eigenvalue weighted by Crippen LogP contribution is -2.61. The standard InChI is InChI=1S/C34H48N2O15/c1-22(37)49-21-24-20-23(8-9-25(24)50-34-31(43)29(41)30(42)32(51-34)33(44)45)6-5-14-46-16-18-48-19-17-47-15-12-35-26(38)7-3-2-4-13-36-27(39)10-11-28(36)40/h8-11,20,29-32,34,41-43H,2-7,12-19,21H2,1H3,(H,35,38)(H,44,45)/t29-,30-,31+,32-,34+/m0/s1. The summed E-state index contributed by atoms with van der Waals surface area (Å²) >= 11 is 0. The molecule has 1 aromatic carbocycles. The smallest absolute Gasteiger partial charge is 0.335 e. The molecule has 2 aliphatic rings. The Morgan fingerprint density at radius 1 is 0.843 bits per heavy atom. The van der Waals surface area contributed by atoms with Crippen molar-refractivity contribution in [2.24, 2.45) is 0 Å². The van der Waals surface area contributed by atoms with Gasteiger partial charge >= 0.3 is 11.9 Å². The molecular weight excluding hydrogens is 676 g/mol. The number of carboxylic acids is 1. The number of unbranched alkanes of at least 4 members (excludes halogenated alkanes) is 2. The van der Waals surface area contributed by atoms with Gasteiger partial charge in [-0.25, -0.2) is 4.79 Å². The van der Waals surface area contributed by atoms with E-state index in [1.54, 1.807) is 18.2 Å². The van der Waals surface area contributed by atoms with E-state index >= 15 is 0 Å².